The highest BCUT2D eigenvalue weighted by Gasteiger charge is 2.52. The Balaban J connectivity index is 1.47. The molecule has 3 aliphatic rings. The first-order valence-corrected chi connectivity index (χ1v) is 12.0. The number of aryl methyl sites for hydroxylation is 2. The summed E-state index contributed by atoms with van der Waals surface area (Å²) in [6, 6.07) is 13.7. The monoisotopic (exact) mass is 433 g/mol. The lowest BCUT2D eigenvalue weighted by Crippen LogP contribution is -2.42. The molecular formula is C27H36BNO3. The molecule has 1 fully saturated rings. The van der Waals surface area contributed by atoms with E-state index < -0.39 is 0 Å². The van der Waals surface area contributed by atoms with Crippen LogP contribution in [0.4, 0.5) is 0 Å². The molecule has 0 bridgehead atoms. The molecule has 5 rings (SSSR count). The van der Waals surface area contributed by atoms with Gasteiger partial charge in [-0.2, -0.15) is 0 Å². The highest BCUT2D eigenvalue weighted by molar-refractivity contribution is 6.62. The van der Waals surface area contributed by atoms with Gasteiger partial charge in [-0.3, -0.25) is 4.90 Å². The number of hydrogen-bond donors (Lipinski definition) is 0. The predicted octanol–water partition coefficient (Wildman–Crippen LogP) is 4.95. The molecule has 4 nitrogen and oxygen atoms in total. The maximum atomic E-state index is 6.45. The third-order valence-electron chi connectivity index (χ3n) is 7.74. The van der Waals surface area contributed by atoms with E-state index in [1.54, 1.807) is 0 Å². The Hall–Kier alpha value is -1.82. The predicted molar refractivity (Wildman–Crippen MR) is 130 cm³/mol. The van der Waals surface area contributed by atoms with E-state index in [1.165, 1.54) is 22.3 Å². The summed E-state index contributed by atoms with van der Waals surface area (Å²) in [6.45, 7) is 16.8. The van der Waals surface area contributed by atoms with Crippen molar-refractivity contribution in [3.8, 4) is 5.75 Å². The molecule has 32 heavy (non-hydrogen) atoms. The van der Waals surface area contributed by atoms with E-state index in [-0.39, 0.29) is 23.9 Å². The lowest BCUT2D eigenvalue weighted by Gasteiger charge is -2.34. The standard InChI is InChI=1S/C27H36BNO3/c1-18-8-13-24-20(14-18)16-29(17-25(2,3)30-24)23-12-10-19-9-11-21(15-22(19)23)28-31-26(4,5)27(6,7)32-28/h8-9,11,13-15,23H,10,12,16-17H2,1-7H3. The summed E-state index contributed by atoms with van der Waals surface area (Å²) in [5, 5.41) is 0. The van der Waals surface area contributed by atoms with Crippen molar-refractivity contribution < 1.29 is 14.0 Å². The van der Waals surface area contributed by atoms with Crippen LogP contribution in [-0.4, -0.2) is 35.4 Å². The van der Waals surface area contributed by atoms with Gasteiger partial charge in [0.05, 0.1) is 11.2 Å². The first kappa shape index (κ1) is 22.0. The molecule has 2 aromatic carbocycles. The molecule has 1 unspecified atom stereocenters. The van der Waals surface area contributed by atoms with Gasteiger partial charge in [-0.25, -0.2) is 0 Å². The summed E-state index contributed by atoms with van der Waals surface area (Å²) in [7, 11) is -0.321. The Morgan fingerprint density at radius 2 is 1.62 bits per heavy atom. The van der Waals surface area contributed by atoms with Gasteiger partial charge in [0, 0.05) is 24.7 Å². The van der Waals surface area contributed by atoms with Gasteiger partial charge in [0.2, 0.25) is 0 Å². The molecule has 0 amide bonds. The fourth-order valence-electron chi connectivity index (χ4n) is 5.35. The molecule has 170 valence electrons. The van der Waals surface area contributed by atoms with Crippen LogP contribution < -0.4 is 10.2 Å². The van der Waals surface area contributed by atoms with Gasteiger partial charge >= 0.3 is 7.12 Å². The van der Waals surface area contributed by atoms with Crippen molar-refractivity contribution in [2.24, 2.45) is 0 Å². The lowest BCUT2D eigenvalue weighted by molar-refractivity contribution is 0.00578. The van der Waals surface area contributed by atoms with Gasteiger partial charge < -0.3 is 14.0 Å². The van der Waals surface area contributed by atoms with Crippen molar-refractivity contribution in [2.75, 3.05) is 6.54 Å². The van der Waals surface area contributed by atoms with Gasteiger partial charge in [-0.15, -0.1) is 0 Å². The number of ether oxygens (including phenoxy) is 1. The first-order valence-electron chi connectivity index (χ1n) is 12.0. The van der Waals surface area contributed by atoms with Crippen molar-refractivity contribution in [1.82, 2.24) is 4.90 Å². The summed E-state index contributed by atoms with van der Waals surface area (Å²) in [6.07, 6.45) is 2.25. The van der Waals surface area contributed by atoms with Crippen LogP contribution in [0.3, 0.4) is 0 Å². The fourth-order valence-corrected chi connectivity index (χ4v) is 5.35. The number of benzene rings is 2. The molecule has 2 aromatic rings. The normalized spacial score (nSPS) is 25.7. The van der Waals surface area contributed by atoms with Crippen LogP contribution in [0, 0.1) is 6.92 Å². The Labute approximate surface area is 193 Å². The van der Waals surface area contributed by atoms with E-state index in [2.05, 4.69) is 89.8 Å². The topological polar surface area (TPSA) is 30.9 Å². The zero-order chi connectivity index (χ0) is 22.9. The van der Waals surface area contributed by atoms with Crippen LogP contribution in [0.5, 0.6) is 5.75 Å². The van der Waals surface area contributed by atoms with Crippen LogP contribution in [0.2, 0.25) is 0 Å². The Morgan fingerprint density at radius 3 is 2.34 bits per heavy atom. The minimum absolute atomic E-state index is 0.243. The average Bonchev–Trinajstić information content (AvgIpc) is 3.15. The van der Waals surface area contributed by atoms with Gasteiger partial charge in [0.1, 0.15) is 11.4 Å². The van der Waals surface area contributed by atoms with Crippen LogP contribution >= 0.6 is 0 Å². The largest absolute Gasteiger partial charge is 0.494 e. The maximum Gasteiger partial charge on any atom is 0.494 e. The molecular weight excluding hydrogens is 397 g/mol. The zero-order valence-electron chi connectivity index (χ0n) is 20.6. The van der Waals surface area contributed by atoms with E-state index in [1.807, 2.05) is 0 Å². The van der Waals surface area contributed by atoms with Crippen molar-refractivity contribution in [3.63, 3.8) is 0 Å². The van der Waals surface area contributed by atoms with E-state index >= 15 is 0 Å². The quantitative estimate of drug-likeness (QED) is 0.627. The molecule has 0 aromatic heterocycles. The summed E-state index contributed by atoms with van der Waals surface area (Å²) < 4.78 is 19.1. The van der Waals surface area contributed by atoms with E-state index in [9.17, 15) is 0 Å². The summed E-state index contributed by atoms with van der Waals surface area (Å²) >= 11 is 0. The molecule has 1 saturated heterocycles. The van der Waals surface area contributed by atoms with Crippen LogP contribution in [0.15, 0.2) is 36.4 Å². The molecule has 0 N–H and O–H groups in total. The first-order chi connectivity index (χ1) is 14.9. The number of rotatable bonds is 2. The van der Waals surface area contributed by atoms with Crippen LogP contribution in [-0.2, 0) is 22.3 Å². The van der Waals surface area contributed by atoms with Gasteiger partial charge in [-0.05, 0) is 84.0 Å². The van der Waals surface area contributed by atoms with Gasteiger partial charge in [0.25, 0.3) is 0 Å². The minimum atomic E-state index is -0.330. The number of hydrogen-bond acceptors (Lipinski definition) is 4. The molecule has 0 spiro atoms. The number of nitrogens with zero attached hydrogens (tertiary/aromatic N) is 1. The second-order valence-corrected chi connectivity index (χ2v) is 11.5. The lowest BCUT2D eigenvalue weighted by atomic mass is 9.77. The molecule has 0 radical (unpaired) electrons. The summed E-state index contributed by atoms with van der Waals surface area (Å²) in [4.78, 5) is 2.62. The van der Waals surface area contributed by atoms with Crippen molar-refractivity contribution in [2.45, 2.75) is 90.7 Å². The maximum absolute atomic E-state index is 6.45. The zero-order valence-corrected chi connectivity index (χ0v) is 20.6. The molecule has 2 aliphatic heterocycles. The average molecular weight is 433 g/mol. The van der Waals surface area contributed by atoms with Crippen molar-refractivity contribution >= 4 is 12.6 Å². The van der Waals surface area contributed by atoms with E-state index in [0.29, 0.717) is 6.04 Å². The molecule has 1 atom stereocenters. The van der Waals surface area contributed by atoms with Crippen molar-refractivity contribution in [3.05, 3.63) is 58.7 Å². The van der Waals surface area contributed by atoms with E-state index in [4.69, 9.17) is 14.0 Å². The van der Waals surface area contributed by atoms with Gasteiger partial charge in [0.15, 0.2) is 0 Å². The Kier molecular flexibility index (Phi) is 5.05. The summed E-state index contributed by atoms with van der Waals surface area (Å²) in [5.41, 5.74) is 5.65. The SMILES string of the molecule is Cc1ccc2c(c1)CN(C1CCc3ccc(B4OC(C)(C)C(C)(C)O4)cc31)CC(C)(C)O2. The smallest absolute Gasteiger partial charge is 0.486 e. The van der Waals surface area contributed by atoms with Crippen LogP contribution in [0.1, 0.15) is 76.3 Å². The summed E-state index contributed by atoms with van der Waals surface area (Å²) in [5.74, 6) is 1.02. The second-order valence-electron chi connectivity index (χ2n) is 11.5. The Bertz CT molecular complexity index is 1030. The highest BCUT2D eigenvalue weighted by atomic mass is 16.7. The fraction of sp³-hybridized carbons (Fsp3) is 0.556. The molecule has 0 saturated carbocycles. The minimum Gasteiger partial charge on any atom is -0.486 e. The third kappa shape index (κ3) is 3.78. The van der Waals surface area contributed by atoms with Crippen molar-refractivity contribution in [1.29, 1.82) is 0 Å². The number of fused-ring (bicyclic) bond motifs is 2. The van der Waals surface area contributed by atoms with E-state index in [0.717, 1.165) is 37.1 Å². The third-order valence-corrected chi connectivity index (χ3v) is 7.74. The molecule has 1 aliphatic carbocycles. The molecule has 2 heterocycles. The van der Waals surface area contributed by atoms with Crippen LogP contribution in [0.25, 0.3) is 0 Å². The Morgan fingerprint density at radius 1 is 0.906 bits per heavy atom. The van der Waals surface area contributed by atoms with Gasteiger partial charge in [-0.1, -0.05) is 35.9 Å². The second kappa shape index (κ2) is 7.34. The highest BCUT2D eigenvalue weighted by Crippen LogP contribution is 2.41. The molecule has 5 heteroatoms.